The number of Topliss-reactive ketones (excluding diaryl/α,β-unsaturated/α-hetero) is 1. The van der Waals surface area contributed by atoms with E-state index in [4.69, 9.17) is 16.3 Å². The molecule has 1 fully saturated rings. The number of carbonyl (C=O) groups is 2. The van der Waals surface area contributed by atoms with Crippen LogP contribution in [-0.4, -0.2) is 34.1 Å². The van der Waals surface area contributed by atoms with Crippen LogP contribution in [0.5, 0.6) is 5.75 Å². The van der Waals surface area contributed by atoms with Gasteiger partial charge in [-0.15, -0.1) is 10.2 Å². The average molecular weight is 460 g/mol. The molecule has 0 saturated carbocycles. The van der Waals surface area contributed by atoms with Gasteiger partial charge in [0, 0.05) is 5.02 Å². The van der Waals surface area contributed by atoms with Crippen LogP contribution in [-0.2, 0) is 9.59 Å². The molecular weight excluding hydrogens is 445 g/mol. The number of amides is 1. The lowest BCUT2D eigenvalue weighted by atomic mass is 9.95. The highest BCUT2D eigenvalue weighted by Crippen LogP contribution is 2.44. The molecule has 0 aliphatic carbocycles. The topological polar surface area (TPSA) is 92.6 Å². The molecule has 158 valence electrons. The molecule has 1 saturated heterocycles. The van der Waals surface area contributed by atoms with Gasteiger partial charge in [0.25, 0.3) is 5.78 Å². The van der Waals surface area contributed by atoms with Crippen molar-refractivity contribution in [3.05, 3.63) is 75.0 Å². The number of hydrogen-bond acceptors (Lipinski definition) is 7. The maximum absolute atomic E-state index is 13.9. The van der Waals surface area contributed by atoms with Gasteiger partial charge in [-0.1, -0.05) is 35.1 Å². The van der Waals surface area contributed by atoms with Crippen LogP contribution < -0.4 is 9.64 Å². The van der Waals surface area contributed by atoms with Gasteiger partial charge in [0.2, 0.25) is 5.13 Å². The van der Waals surface area contributed by atoms with Gasteiger partial charge in [0.1, 0.15) is 22.3 Å². The number of aryl methyl sites for hydroxylation is 1. The molecule has 4 rings (SSSR count). The van der Waals surface area contributed by atoms with Crippen LogP contribution >= 0.6 is 22.9 Å². The Morgan fingerprint density at radius 2 is 2.00 bits per heavy atom. The minimum atomic E-state index is -1.04. The first kappa shape index (κ1) is 21.0. The smallest absolute Gasteiger partial charge is 0.301 e. The van der Waals surface area contributed by atoms with Gasteiger partial charge >= 0.3 is 5.91 Å². The molecule has 7 nitrogen and oxygen atoms in total. The summed E-state index contributed by atoms with van der Waals surface area (Å²) in [5, 5.41) is 20.2. The summed E-state index contributed by atoms with van der Waals surface area (Å²) in [6, 6.07) is 9.02. The van der Waals surface area contributed by atoms with E-state index in [9.17, 15) is 19.1 Å². The summed E-state index contributed by atoms with van der Waals surface area (Å²) in [6.45, 7) is 1.71. The van der Waals surface area contributed by atoms with Crippen molar-refractivity contribution in [2.75, 3.05) is 12.0 Å². The first-order valence-corrected chi connectivity index (χ1v) is 10.2. The number of ether oxygens (including phenoxy) is 1. The Morgan fingerprint density at radius 3 is 2.65 bits per heavy atom. The van der Waals surface area contributed by atoms with Crippen molar-refractivity contribution in [2.24, 2.45) is 0 Å². The Labute approximate surface area is 185 Å². The Kier molecular flexibility index (Phi) is 5.47. The number of ketones is 1. The molecule has 1 atom stereocenters. The summed E-state index contributed by atoms with van der Waals surface area (Å²) < 4.78 is 19.1. The molecule has 31 heavy (non-hydrogen) atoms. The van der Waals surface area contributed by atoms with E-state index in [1.54, 1.807) is 31.2 Å². The number of nitrogens with zero attached hydrogens (tertiary/aromatic N) is 3. The second-order valence-corrected chi connectivity index (χ2v) is 8.27. The summed E-state index contributed by atoms with van der Waals surface area (Å²) in [7, 11) is 1.35. The Balaban J connectivity index is 1.99. The molecule has 1 aliphatic heterocycles. The van der Waals surface area contributed by atoms with Crippen LogP contribution in [0.15, 0.2) is 48.0 Å². The van der Waals surface area contributed by atoms with Crippen molar-refractivity contribution in [3.63, 3.8) is 0 Å². The third-order valence-electron chi connectivity index (χ3n) is 4.75. The fourth-order valence-electron chi connectivity index (χ4n) is 3.42. The largest absolute Gasteiger partial charge is 0.507 e. The lowest BCUT2D eigenvalue weighted by Crippen LogP contribution is -2.29. The summed E-state index contributed by atoms with van der Waals surface area (Å²) in [5.74, 6) is -2.90. The SMILES string of the molecule is COc1ccc(F)cc1/C(O)=C1\C(=O)C(=O)N(c2nnc(C)s2)C1c1cccc(Cl)c1. The number of carbonyl (C=O) groups excluding carboxylic acids is 2. The predicted molar refractivity (Wildman–Crippen MR) is 114 cm³/mol. The first-order chi connectivity index (χ1) is 14.8. The molecule has 0 bridgehead atoms. The molecule has 2 aromatic carbocycles. The van der Waals surface area contributed by atoms with Crippen LogP contribution in [0.3, 0.4) is 0 Å². The van der Waals surface area contributed by atoms with Crippen molar-refractivity contribution in [3.8, 4) is 5.75 Å². The average Bonchev–Trinajstić information content (AvgIpc) is 3.28. The third-order valence-corrected chi connectivity index (χ3v) is 5.82. The maximum atomic E-state index is 13.9. The van der Waals surface area contributed by atoms with E-state index in [1.807, 2.05) is 0 Å². The summed E-state index contributed by atoms with van der Waals surface area (Å²) >= 11 is 7.27. The molecule has 1 unspecified atom stereocenters. The minimum Gasteiger partial charge on any atom is -0.507 e. The zero-order chi connectivity index (χ0) is 22.3. The number of hydrogen-bond donors (Lipinski definition) is 1. The number of benzene rings is 2. The molecular formula is C21H15ClFN3O4S. The zero-order valence-electron chi connectivity index (χ0n) is 16.3. The van der Waals surface area contributed by atoms with Crippen LogP contribution in [0.2, 0.25) is 5.02 Å². The number of aliphatic hydroxyl groups is 1. The van der Waals surface area contributed by atoms with E-state index < -0.39 is 29.3 Å². The van der Waals surface area contributed by atoms with Crippen LogP contribution in [0.1, 0.15) is 22.2 Å². The molecule has 1 N–H and O–H groups in total. The number of methoxy groups -OCH3 is 1. The highest BCUT2D eigenvalue weighted by atomic mass is 35.5. The highest BCUT2D eigenvalue weighted by molar-refractivity contribution is 7.15. The molecule has 1 aromatic heterocycles. The fraction of sp³-hybridized carbons (Fsp3) is 0.143. The van der Waals surface area contributed by atoms with E-state index in [-0.39, 0.29) is 22.0 Å². The standard InChI is InChI=1S/C21H15ClFN3O4S/c1-10-24-25-21(31-10)26-17(11-4-3-5-12(22)8-11)16(19(28)20(26)29)18(27)14-9-13(23)6-7-15(14)30-2/h3-9,17,27H,1-2H3/b18-16+. The molecule has 1 amide bonds. The summed E-state index contributed by atoms with van der Waals surface area (Å²) in [6.07, 6.45) is 0. The molecule has 3 aromatic rings. The third kappa shape index (κ3) is 3.66. The van der Waals surface area contributed by atoms with Crippen LogP contribution in [0, 0.1) is 12.7 Å². The van der Waals surface area contributed by atoms with Gasteiger partial charge in [-0.3, -0.25) is 14.5 Å². The number of anilines is 1. The lowest BCUT2D eigenvalue weighted by molar-refractivity contribution is -0.132. The highest BCUT2D eigenvalue weighted by Gasteiger charge is 2.48. The normalized spacial score (nSPS) is 17.9. The number of aromatic nitrogens is 2. The number of rotatable bonds is 4. The maximum Gasteiger partial charge on any atom is 0.301 e. The van der Waals surface area contributed by atoms with Crippen molar-refractivity contribution in [1.29, 1.82) is 0 Å². The molecule has 2 heterocycles. The quantitative estimate of drug-likeness (QED) is 0.356. The van der Waals surface area contributed by atoms with Gasteiger partial charge in [0.05, 0.1) is 24.3 Å². The zero-order valence-corrected chi connectivity index (χ0v) is 17.9. The summed E-state index contributed by atoms with van der Waals surface area (Å²) in [4.78, 5) is 27.2. The van der Waals surface area contributed by atoms with Crippen LogP contribution in [0.25, 0.3) is 5.76 Å². The van der Waals surface area contributed by atoms with Gasteiger partial charge < -0.3 is 9.84 Å². The van der Waals surface area contributed by atoms with Crippen molar-refractivity contribution in [1.82, 2.24) is 10.2 Å². The van der Waals surface area contributed by atoms with E-state index in [0.29, 0.717) is 15.6 Å². The Morgan fingerprint density at radius 1 is 1.23 bits per heavy atom. The second kappa shape index (κ2) is 8.09. The minimum absolute atomic E-state index is 0.0547. The fourth-order valence-corrected chi connectivity index (χ4v) is 4.33. The molecule has 10 heteroatoms. The molecule has 0 spiro atoms. The number of aliphatic hydroxyl groups excluding tert-OH is 1. The van der Waals surface area contributed by atoms with Crippen molar-refractivity contribution >= 4 is 45.5 Å². The van der Waals surface area contributed by atoms with Crippen molar-refractivity contribution in [2.45, 2.75) is 13.0 Å². The lowest BCUT2D eigenvalue weighted by Gasteiger charge is -2.23. The van der Waals surface area contributed by atoms with Gasteiger partial charge in [-0.2, -0.15) is 0 Å². The second-order valence-electron chi connectivity index (χ2n) is 6.67. The van der Waals surface area contributed by atoms with Gasteiger partial charge in [0.15, 0.2) is 0 Å². The Bertz CT molecular complexity index is 1240. The van der Waals surface area contributed by atoms with E-state index in [2.05, 4.69) is 10.2 Å². The summed E-state index contributed by atoms with van der Waals surface area (Å²) in [5.41, 5.74) is 0.182. The van der Waals surface area contributed by atoms with E-state index in [1.165, 1.54) is 13.2 Å². The predicted octanol–water partition coefficient (Wildman–Crippen LogP) is 4.27. The van der Waals surface area contributed by atoms with E-state index in [0.717, 1.165) is 28.4 Å². The van der Waals surface area contributed by atoms with E-state index >= 15 is 0 Å². The number of halogens is 2. The van der Waals surface area contributed by atoms with Gasteiger partial charge in [-0.25, -0.2) is 4.39 Å². The van der Waals surface area contributed by atoms with Crippen LogP contribution in [0.4, 0.5) is 9.52 Å². The monoisotopic (exact) mass is 459 g/mol. The van der Waals surface area contributed by atoms with Crippen molar-refractivity contribution < 1.29 is 23.8 Å². The first-order valence-electron chi connectivity index (χ1n) is 9.02. The van der Waals surface area contributed by atoms with Gasteiger partial charge in [-0.05, 0) is 42.8 Å². The molecule has 1 aliphatic rings. The Hall–Kier alpha value is -3.30. The molecule has 0 radical (unpaired) electrons.